The lowest BCUT2D eigenvalue weighted by Crippen LogP contribution is -2.51. The number of aryl methyl sites for hydroxylation is 2. The molecule has 1 saturated carbocycles. The topological polar surface area (TPSA) is 76.5 Å². The van der Waals surface area contributed by atoms with Crippen molar-refractivity contribution in [3.8, 4) is 5.75 Å². The number of rotatable bonds is 4. The van der Waals surface area contributed by atoms with Gasteiger partial charge in [0.05, 0.1) is 12.1 Å². The minimum absolute atomic E-state index is 0.0826. The molecule has 1 aliphatic heterocycles. The lowest BCUT2D eigenvalue weighted by atomic mass is 9.81. The van der Waals surface area contributed by atoms with E-state index in [2.05, 4.69) is 10.4 Å². The van der Waals surface area contributed by atoms with Crippen LogP contribution in [-0.2, 0) is 11.3 Å². The molecule has 154 valence electrons. The maximum atomic E-state index is 12.7. The third-order valence-electron chi connectivity index (χ3n) is 6.30. The van der Waals surface area contributed by atoms with Gasteiger partial charge in [-0.1, -0.05) is 12.1 Å². The van der Waals surface area contributed by atoms with Crippen molar-refractivity contribution in [3.05, 3.63) is 47.8 Å². The fraction of sp³-hybridized carbons (Fsp3) is 0.500. The lowest BCUT2D eigenvalue weighted by Gasteiger charge is -2.42. The standard InChI is InChI=1S/C22H28N4O3/c1-16-9-13-24-26(16)14-10-20(27)25(2)17-7-11-22(12-8-17)15-23-21(28)18-5-3-4-6-19(18)29-22/h3-6,9,13,17H,7-8,10-12,14-15H2,1-2H3,(H,23,28). The van der Waals surface area contributed by atoms with Crippen LogP contribution in [0.5, 0.6) is 5.75 Å². The number of para-hydroxylation sites is 1. The van der Waals surface area contributed by atoms with Gasteiger partial charge in [0.2, 0.25) is 5.91 Å². The van der Waals surface area contributed by atoms with Crippen LogP contribution >= 0.6 is 0 Å². The molecule has 1 aliphatic carbocycles. The number of ether oxygens (including phenoxy) is 1. The van der Waals surface area contributed by atoms with Crippen molar-refractivity contribution >= 4 is 11.8 Å². The van der Waals surface area contributed by atoms with E-state index in [4.69, 9.17) is 4.74 Å². The first-order valence-electron chi connectivity index (χ1n) is 10.3. The molecule has 7 nitrogen and oxygen atoms in total. The molecule has 2 aliphatic rings. The van der Waals surface area contributed by atoms with Gasteiger partial charge < -0.3 is 15.0 Å². The van der Waals surface area contributed by atoms with E-state index in [9.17, 15) is 9.59 Å². The van der Waals surface area contributed by atoms with Gasteiger partial charge in [0.1, 0.15) is 11.4 Å². The monoisotopic (exact) mass is 396 g/mol. The summed E-state index contributed by atoms with van der Waals surface area (Å²) in [5, 5.41) is 7.26. The van der Waals surface area contributed by atoms with Crippen molar-refractivity contribution < 1.29 is 14.3 Å². The summed E-state index contributed by atoms with van der Waals surface area (Å²) in [7, 11) is 1.89. The van der Waals surface area contributed by atoms with E-state index in [1.54, 1.807) is 12.3 Å². The van der Waals surface area contributed by atoms with Gasteiger partial charge in [0.25, 0.3) is 5.91 Å². The molecule has 1 fully saturated rings. The number of fused-ring (bicyclic) bond motifs is 1. The molecule has 1 aromatic heterocycles. The van der Waals surface area contributed by atoms with Crippen LogP contribution in [0.3, 0.4) is 0 Å². The number of carbonyl (C=O) groups is 2. The highest BCUT2D eigenvalue weighted by molar-refractivity contribution is 5.97. The molecule has 1 spiro atoms. The molecule has 0 unspecified atom stereocenters. The van der Waals surface area contributed by atoms with E-state index < -0.39 is 5.60 Å². The summed E-state index contributed by atoms with van der Waals surface area (Å²) in [4.78, 5) is 26.9. The lowest BCUT2D eigenvalue weighted by molar-refractivity contribution is -0.133. The molecule has 0 radical (unpaired) electrons. The Kier molecular flexibility index (Phi) is 5.30. The third kappa shape index (κ3) is 3.99. The van der Waals surface area contributed by atoms with Gasteiger partial charge in [0, 0.05) is 37.9 Å². The molecule has 29 heavy (non-hydrogen) atoms. The summed E-state index contributed by atoms with van der Waals surface area (Å²) in [6.07, 6.45) is 5.54. The van der Waals surface area contributed by atoms with Crippen molar-refractivity contribution in [1.82, 2.24) is 20.0 Å². The fourth-order valence-corrected chi connectivity index (χ4v) is 4.36. The maximum Gasteiger partial charge on any atom is 0.255 e. The van der Waals surface area contributed by atoms with Crippen LogP contribution in [0.2, 0.25) is 0 Å². The zero-order chi connectivity index (χ0) is 20.4. The molecule has 4 rings (SSSR count). The smallest absolute Gasteiger partial charge is 0.255 e. The Labute approximate surface area is 171 Å². The Morgan fingerprint density at radius 2 is 2.07 bits per heavy atom. The van der Waals surface area contributed by atoms with Gasteiger partial charge in [-0.15, -0.1) is 0 Å². The number of nitrogens with one attached hydrogen (secondary N) is 1. The van der Waals surface area contributed by atoms with Gasteiger partial charge in [-0.3, -0.25) is 14.3 Å². The van der Waals surface area contributed by atoms with Gasteiger partial charge in [0.15, 0.2) is 0 Å². The SMILES string of the molecule is Cc1ccnn1CCC(=O)N(C)C1CCC2(CC1)CNC(=O)c1ccccc1O2. The van der Waals surface area contributed by atoms with Gasteiger partial charge in [-0.25, -0.2) is 0 Å². The summed E-state index contributed by atoms with van der Waals surface area (Å²) >= 11 is 0. The normalized spacial score (nSPS) is 23.7. The Hall–Kier alpha value is -2.83. The van der Waals surface area contributed by atoms with Gasteiger partial charge >= 0.3 is 0 Å². The Bertz CT molecular complexity index is 899. The molecule has 7 heteroatoms. The number of benzene rings is 1. The molecule has 1 N–H and O–H groups in total. The van der Waals surface area contributed by atoms with Crippen LogP contribution in [0, 0.1) is 6.92 Å². The van der Waals surface area contributed by atoms with Crippen molar-refractivity contribution in [1.29, 1.82) is 0 Å². The zero-order valence-electron chi connectivity index (χ0n) is 17.1. The van der Waals surface area contributed by atoms with Crippen molar-refractivity contribution in [2.24, 2.45) is 0 Å². The number of hydrogen-bond acceptors (Lipinski definition) is 4. The highest BCUT2D eigenvalue weighted by atomic mass is 16.5. The van der Waals surface area contributed by atoms with E-state index in [-0.39, 0.29) is 17.9 Å². The van der Waals surface area contributed by atoms with Crippen molar-refractivity contribution in [2.75, 3.05) is 13.6 Å². The molecular weight excluding hydrogens is 368 g/mol. The maximum absolute atomic E-state index is 12.7. The zero-order valence-corrected chi connectivity index (χ0v) is 17.1. The molecule has 0 atom stereocenters. The van der Waals surface area contributed by atoms with Crippen molar-refractivity contribution in [2.45, 2.75) is 57.2 Å². The predicted octanol–water partition coefficient (Wildman–Crippen LogP) is 2.54. The molecule has 2 amide bonds. The Morgan fingerprint density at radius 1 is 1.31 bits per heavy atom. The second-order valence-electron chi connectivity index (χ2n) is 8.15. The second kappa shape index (κ2) is 7.89. The largest absolute Gasteiger partial charge is 0.485 e. The molecule has 0 bridgehead atoms. The second-order valence-corrected chi connectivity index (χ2v) is 8.15. The molecular formula is C22H28N4O3. The number of hydrogen-bond donors (Lipinski definition) is 1. The fourth-order valence-electron chi connectivity index (χ4n) is 4.36. The average molecular weight is 396 g/mol. The summed E-state index contributed by atoms with van der Waals surface area (Å²) in [5.41, 5.74) is 1.26. The highest BCUT2D eigenvalue weighted by Crippen LogP contribution is 2.37. The quantitative estimate of drug-likeness (QED) is 0.862. The van der Waals surface area contributed by atoms with Gasteiger partial charge in [-0.05, 0) is 50.8 Å². The number of nitrogens with zero attached hydrogens (tertiary/aromatic N) is 3. The predicted molar refractivity (Wildman–Crippen MR) is 109 cm³/mol. The van der Waals surface area contributed by atoms with Crippen LogP contribution in [0.15, 0.2) is 36.5 Å². The van der Waals surface area contributed by atoms with E-state index in [1.807, 2.05) is 47.8 Å². The molecule has 1 aromatic carbocycles. The highest BCUT2D eigenvalue weighted by Gasteiger charge is 2.41. The van der Waals surface area contributed by atoms with E-state index in [0.29, 0.717) is 30.8 Å². The first-order valence-corrected chi connectivity index (χ1v) is 10.3. The molecule has 0 saturated heterocycles. The summed E-state index contributed by atoms with van der Waals surface area (Å²) in [6, 6.07) is 9.54. The number of amides is 2. The third-order valence-corrected chi connectivity index (χ3v) is 6.30. The van der Waals surface area contributed by atoms with E-state index in [0.717, 1.165) is 31.4 Å². The summed E-state index contributed by atoms with van der Waals surface area (Å²) < 4.78 is 8.22. The van der Waals surface area contributed by atoms with Crippen LogP contribution in [0.4, 0.5) is 0 Å². The van der Waals surface area contributed by atoms with Crippen LogP contribution in [0.25, 0.3) is 0 Å². The summed E-state index contributed by atoms with van der Waals surface area (Å²) in [5.74, 6) is 0.710. The summed E-state index contributed by atoms with van der Waals surface area (Å²) in [6.45, 7) is 3.10. The molecule has 2 heterocycles. The van der Waals surface area contributed by atoms with Gasteiger partial charge in [-0.2, -0.15) is 5.10 Å². The van der Waals surface area contributed by atoms with Crippen LogP contribution < -0.4 is 10.1 Å². The van der Waals surface area contributed by atoms with Crippen LogP contribution in [-0.4, -0.2) is 51.7 Å². The number of carbonyl (C=O) groups excluding carboxylic acids is 2. The first-order chi connectivity index (χ1) is 14.0. The average Bonchev–Trinajstić information content (AvgIpc) is 3.09. The minimum Gasteiger partial charge on any atom is -0.485 e. The van der Waals surface area contributed by atoms with Crippen LogP contribution in [0.1, 0.15) is 48.2 Å². The molecule has 2 aromatic rings. The van der Waals surface area contributed by atoms with E-state index >= 15 is 0 Å². The Balaban J connectivity index is 1.35. The Morgan fingerprint density at radius 3 is 2.79 bits per heavy atom. The minimum atomic E-state index is -0.394. The number of aromatic nitrogens is 2. The van der Waals surface area contributed by atoms with E-state index in [1.165, 1.54) is 0 Å². The van der Waals surface area contributed by atoms with Crippen molar-refractivity contribution in [3.63, 3.8) is 0 Å². The first kappa shape index (κ1) is 19.5.